The molecule has 0 aliphatic carbocycles. The van der Waals surface area contributed by atoms with Gasteiger partial charge in [0.15, 0.2) is 0 Å². The van der Waals surface area contributed by atoms with E-state index in [1.54, 1.807) is 31.2 Å². The number of ether oxygens (including phenoxy) is 1. The van der Waals surface area contributed by atoms with Crippen LogP contribution >= 0.6 is 22.6 Å². The average Bonchev–Trinajstić information content (AvgIpc) is 2.49. The lowest BCUT2D eigenvalue weighted by Gasteiger charge is -2.11. The van der Waals surface area contributed by atoms with Gasteiger partial charge in [-0.1, -0.05) is 12.1 Å². The number of carbonyl (C=O) groups excluding carboxylic acids is 2. The Hall–Kier alpha value is -1.89. The van der Waals surface area contributed by atoms with Crippen LogP contribution in [0.15, 0.2) is 42.5 Å². The molecule has 0 radical (unpaired) electrons. The van der Waals surface area contributed by atoms with E-state index in [2.05, 4.69) is 27.9 Å². The van der Waals surface area contributed by atoms with E-state index in [1.165, 1.54) is 0 Å². The van der Waals surface area contributed by atoms with Gasteiger partial charge in [0.2, 0.25) is 0 Å². The first-order valence-electron chi connectivity index (χ1n) is 6.86. The summed E-state index contributed by atoms with van der Waals surface area (Å²) in [7, 11) is 0. The summed E-state index contributed by atoms with van der Waals surface area (Å²) in [5.41, 5.74) is 2.59. The molecule has 2 aromatic carbocycles. The summed E-state index contributed by atoms with van der Waals surface area (Å²) in [5.74, 6) is -0.530. The molecule has 1 amide bonds. The predicted octanol–water partition coefficient (Wildman–Crippen LogP) is 4.03. The number of hydrogen-bond donors (Lipinski definition) is 1. The van der Waals surface area contributed by atoms with Crippen LogP contribution in [0.5, 0.6) is 0 Å². The van der Waals surface area contributed by atoms with Crippen molar-refractivity contribution in [2.24, 2.45) is 0 Å². The van der Waals surface area contributed by atoms with Crippen LogP contribution in [0.2, 0.25) is 0 Å². The second kappa shape index (κ2) is 7.40. The fraction of sp³-hybridized carbons (Fsp3) is 0.176. The molecule has 22 heavy (non-hydrogen) atoms. The highest BCUT2D eigenvalue weighted by atomic mass is 127. The van der Waals surface area contributed by atoms with Gasteiger partial charge in [-0.3, -0.25) is 4.79 Å². The number of esters is 1. The highest BCUT2D eigenvalue weighted by molar-refractivity contribution is 14.1. The van der Waals surface area contributed by atoms with E-state index in [1.807, 2.05) is 25.1 Å². The summed E-state index contributed by atoms with van der Waals surface area (Å²) < 4.78 is 5.85. The number of carbonyl (C=O) groups is 2. The number of hydrogen-bond acceptors (Lipinski definition) is 3. The molecule has 0 spiro atoms. The number of aryl methyl sites for hydroxylation is 1. The fourth-order valence-corrected chi connectivity index (χ4v) is 2.61. The largest absolute Gasteiger partial charge is 0.462 e. The van der Waals surface area contributed by atoms with Gasteiger partial charge in [-0.15, -0.1) is 0 Å². The van der Waals surface area contributed by atoms with Gasteiger partial charge in [0.1, 0.15) is 0 Å². The first-order chi connectivity index (χ1) is 10.5. The van der Waals surface area contributed by atoms with E-state index in [4.69, 9.17) is 4.74 Å². The maximum atomic E-state index is 12.3. The highest BCUT2D eigenvalue weighted by Gasteiger charge is 2.12. The minimum absolute atomic E-state index is 0.169. The van der Waals surface area contributed by atoms with Crippen LogP contribution in [0.25, 0.3) is 0 Å². The van der Waals surface area contributed by atoms with Crippen molar-refractivity contribution in [3.63, 3.8) is 0 Å². The van der Waals surface area contributed by atoms with Crippen molar-refractivity contribution in [2.75, 3.05) is 11.9 Å². The van der Waals surface area contributed by atoms with Crippen LogP contribution in [0.1, 0.15) is 33.2 Å². The van der Waals surface area contributed by atoms with Gasteiger partial charge in [-0.2, -0.15) is 0 Å². The molecule has 114 valence electrons. The van der Waals surface area contributed by atoms with E-state index in [0.717, 1.165) is 9.13 Å². The van der Waals surface area contributed by atoms with Gasteiger partial charge in [-0.25, -0.2) is 4.79 Å². The molecular weight excluding hydrogens is 393 g/mol. The summed E-state index contributed by atoms with van der Waals surface area (Å²) in [6.07, 6.45) is 0. The quantitative estimate of drug-likeness (QED) is 0.613. The zero-order chi connectivity index (χ0) is 16.1. The second-order valence-corrected chi connectivity index (χ2v) is 5.85. The third kappa shape index (κ3) is 3.85. The third-order valence-corrected chi connectivity index (χ3v) is 4.04. The number of halogens is 1. The van der Waals surface area contributed by atoms with Crippen LogP contribution in [-0.4, -0.2) is 18.5 Å². The monoisotopic (exact) mass is 409 g/mol. The average molecular weight is 409 g/mol. The standard InChI is InChI=1S/C17H16INO3/c1-3-22-17(21)12-8-9-15(11(2)10-12)19-16(20)13-6-4-5-7-14(13)18/h4-10H,3H2,1-2H3,(H,19,20). The van der Waals surface area contributed by atoms with Crippen LogP contribution in [0.4, 0.5) is 5.69 Å². The van der Waals surface area contributed by atoms with E-state index in [0.29, 0.717) is 23.4 Å². The summed E-state index contributed by atoms with van der Waals surface area (Å²) in [6.45, 7) is 3.94. The Labute approximate surface area is 143 Å². The normalized spacial score (nSPS) is 10.1. The van der Waals surface area contributed by atoms with Crippen molar-refractivity contribution < 1.29 is 14.3 Å². The van der Waals surface area contributed by atoms with E-state index < -0.39 is 0 Å². The molecule has 0 aliphatic heterocycles. The van der Waals surface area contributed by atoms with E-state index >= 15 is 0 Å². The summed E-state index contributed by atoms with van der Waals surface area (Å²) in [4.78, 5) is 24.0. The van der Waals surface area contributed by atoms with Gasteiger partial charge in [0.25, 0.3) is 5.91 Å². The lowest BCUT2D eigenvalue weighted by atomic mass is 10.1. The molecular formula is C17H16INO3. The summed E-state index contributed by atoms with van der Waals surface area (Å²) in [5, 5.41) is 2.87. The first kappa shape index (κ1) is 16.5. The van der Waals surface area contributed by atoms with Crippen LogP contribution in [0.3, 0.4) is 0 Å². The number of nitrogens with one attached hydrogen (secondary N) is 1. The number of benzene rings is 2. The van der Waals surface area contributed by atoms with Gasteiger partial charge in [0.05, 0.1) is 17.7 Å². The van der Waals surface area contributed by atoms with Crippen molar-refractivity contribution in [1.82, 2.24) is 0 Å². The number of rotatable bonds is 4. The number of amides is 1. The van der Waals surface area contributed by atoms with Gasteiger partial charge >= 0.3 is 5.97 Å². The second-order valence-electron chi connectivity index (χ2n) is 4.68. The minimum atomic E-state index is -0.360. The fourth-order valence-electron chi connectivity index (χ4n) is 1.98. The molecule has 0 bridgehead atoms. The maximum absolute atomic E-state index is 12.3. The Morgan fingerprint density at radius 1 is 1.18 bits per heavy atom. The Morgan fingerprint density at radius 3 is 2.55 bits per heavy atom. The molecule has 0 aromatic heterocycles. The molecule has 1 N–H and O–H groups in total. The molecule has 5 heteroatoms. The van der Waals surface area contributed by atoms with Crippen molar-refractivity contribution >= 4 is 40.2 Å². The Balaban J connectivity index is 2.19. The SMILES string of the molecule is CCOC(=O)c1ccc(NC(=O)c2ccccc2I)c(C)c1. The van der Waals surface area contributed by atoms with Crippen molar-refractivity contribution in [1.29, 1.82) is 0 Å². The van der Waals surface area contributed by atoms with Crippen LogP contribution < -0.4 is 5.32 Å². The highest BCUT2D eigenvalue weighted by Crippen LogP contribution is 2.19. The zero-order valence-electron chi connectivity index (χ0n) is 12.4. The van der Waals surface area contributed by atoms with E-state index in [-0.39, 0.29) is 11.9 Å². The molecule has 0 aliphatic rings. The molecule has 0 saturated carbocycles. The molecule has 4 nitrogen and oxygen atoms in total. The van der Waals surface area contributed by atoms with Crippen molar-refractivity contribution in [3.05, 3.63) is 62.7 Å². The first-order valence-corrected chi connectivity index (χ1v) is 7.94. The predicted molar refractivity (Wildman–Crippen MR) is 94.2 cm³/mol. The lowest BCUT2D eigenvalue weighted by Crippen LogP contribution is -2.14. The Morgan fingerprint density at radius 2 is 1.91 bits per heavy atom. The molecule has 0 fully saturated rings. The molecule has 2 aromatic rings. The van der Waals surface area contributed by atoms with Crippen molar-refractivity contribution in [3.8, 4) is 0 Å². The molecule has 2 rings (SSSR count). The van der Waals surface area contributed by atoms with Crippen molar-refractivity contribution in [2.45, 2.75) is 13.8 Å². The van der Waals surface area contributed by atoms with Gasteiger partial charge < -0.3 is 10.1 Å². The van der Waals surface area contributed by atoms with Crippen LogP contribution in [-0.2, 0) is 4.74 Å². The summed E-state index contributed by atoms with van der Waals surface area (Å²) in [6, 6.07) is 12.5. The molecule has 0 heterocycles. The molecule has 0 unspecified atom stereocenters. The summed E-state index contributed by atoms with van der Waals surface area (Å²) >= 11 is 2.13. The minimum Gasteiger partial charge on any atom is -0.462 e. The van der Waals surface area contributed by atoms with E-state index in [9.17, 15) is 9.59 Å². The smallest absolute Gasteiger partial charge is 0.338 e. The van der Waals surface area contributed by atoms with Gasteiger partial charge in [0, 0.05) is 9.26 Å². The lowest BCUT2D eigenvalue weighted by molar-refractivity contribution is 0.0526. The topological polar surface area (TPSA) is 55.4 Å². The zero-order valence-corrected chi connectivity index (χ0v) is 14.5. The Bertz CT molecular complexity index is 713. The third-order valence-electron chi connectivity index (χ3n) is 3.10. The Kier molecular flexibility index (Phi) is 5.54. The molecule has 0 saturated heterocycles. The maximum Gasteiger partial charge on any atom is 0.338 e. The number of anilines is 1. The van der Waals surface area contributed by atoms with Gasteiger partial charge in [-0.05, 0) is 72.3 Å². The van der Waals surface area contributed by atoms with Crippen LogP contribution in [0, 0.1) is 10.5 Å². The molecule has 0 atom stereocenters.